The van der Waals surface area contributed by atoms with Gasteiger partial charge in [0, 0.05) is 13.0 Å². The molecule has 5 N–H and O–H groups in total. The van der Waals surface area contributed by atoms with Crippen LogP contribution in [-0.4, -0.2) is 30.3 Å². The third kappa shape index (κ3) is 8.69. The van der Waals surface area contributed by atoms with Gasteiger partial charge in [-0.1, -0.05) is 68.8 Å². The van der Waals surface area contributed by atoms with Crippen LogP contribution in [0.15, 0.2) is 55.1 Å². The summed E-state index contributed by atoms with van der Waals surface area (Å²) < 4.78 is 0. The van der Waals surface area contributed by atoms with Gasteiger partial charge in [-0.2, -0.15) is 0 Å². The molecule has 0 fully saturated rings. The fourth-order valence-electron chi connectivity index (χ4n) is 3.71. The first kappa shape index (κ1) is 26.1. The summed E-state index contributed by atoms with van der Waals surface area (Å²) in [5.41, 5.74) is 11.7. The number of carbonyl (C=O) groups excluding carboxylic acids is 3. The minimum absolute atomic E-state index is 0.131. The Morgan fingerprint density at radius 1 is 1.09 bits per heavy atom. The third-order valence-corrected chi connectivity index (χ3v) is 5.79. The van der Waals surface area contributed by atoms with Gasteiger partial charge in [0.15, 0.2) is 0 Å². The number of carbonyl (C=O) groups is 3. The number of hydrogen-bond acceptors (Lipinski definition) is 4. The maximum absolute atomic E-state index is 12.8. The van der Waals surface area contributed by atoms with Crippen LogP contribution in [0.2, 0.25) is 0 Å². The van der Waals surface area contributed by atoms with Gasteiger partial charge in [-0.15, -0.1) is 6.58 Å². The molecule has 2 aromatic carbocycles. The molecule has 178 valence electrons. The maximum Gasteiger partial charge on any atom is 0.239 e. The van der Waals surface area contributed by atoms with Crippen LogP contribution >= 0.6 is 0 Å². The lowest BCUT2D eigenvalue weighted by Crippen LogP contribution is -2.53. The molecule has 33 heavy (non-hydrogen) atoms. The van der Waals surface area contributed by atoms with Gasteiger partial charge in [0.2, 0.25) is 17.7 Å². The second-order valence-electron chi connectivity index (χ2n) is 8.61. The number of nitrogens with two attached hydrogens (primary N) is 1. The van der Waals surface area contributed by atoms with Gasteiger partial charge >= 0.3 is 0 Å². The van der Waals surface area contributed by atoms with Crippen LogP contribution in [0.5, 0.6) is 0 Å². The monoisotopic (exact) mass is 452 g/mol. The lowest BCUT2D eigenvalue weighted by atomic mass is 9.92. The van der Waals surface area contributed by atoms with E-state index in [4.69, 9.17) is 5.73 Å². The number of benzene rings is 2. The smallest absolute Gasteiger partial charge is 0.239 e. The number of fused-ring (bicyclic) bond motifs is 1. The lowest BCUT2D eigenvalue weighted by Gasteiger charge is -2.21. The van der Waals surface area contributed by atoms with Crippen LogP contribution in [0.1, 0.15) is 45.1 Å². The Hall–Kier alpha value is -3.19. The van der Waals surface area contributed by atoms with Crippen LogP contribution in [0, 0.1) is 11.8 Å². The van der Waals surface area contributed by atoms with E-state index in [1.165, 1.54) is 16.3 Å². The van der Waals surface area contributed by atoms with Gasteiger partial charge in [0.05, 0.1) is 6.42 Å². The van der Waals surface area contributed by atoms with E-state index in [1.54, 1.807) is 0 Å². The molecule has 0 saturated heterocycles. The van der Waals surface area contributed by atoms with Crippen molar-refractivity contribution in [2.45, 2.75) is 52.0 Å². The second kappa shape index (κ2) is 13.4. The summed E-state index contributed by atoms with van der Waals surface area (Å²) in [6, 6.07) is 13.5. The molecular formula is C26H36N4O3. The van der Waals surface area contributed by atoms with E-state index in [0.717, 1.165) is 19.3 Å². The van der Waals surface area contributed by atoms with E-state index in [-0.39, 0.29) is 30.1 Å². The SMILES string of the molecule is C=CC[C@H](CNC(=O)[C@H](CC(N)=O)NNC(=O)C[C@H](C)CC)Cc1cccc2ccccc12. The largest absolute Gasteiger partial charge is 0.370 e. The van der Waals surface area contributed by atoms with Crippen LogP contribution in [0.4, 0.5) is 0 Å². The molecule has 3 atom stereocenters. The average molecular weight is 453 g/mol. The predicted molar refractivity (Wildman–Crippen MR) is 132 cm³/mol. The van der Waals surface area contributed by atoms with Crippen molar-refractivity contribution in [3.63, 3.8) is 0 Å². The van der Waals surface area contributed by atoms with E-state index in [2.05, 4.69) is 47.0 Å². The molecule has 7 nitrogen and oxygen atoms in total. The van der Waals surface area contributed by atoms with Crippen LogP contribution < -0.4 is 21.9 Å². The van der Waals surface area contributed by atoms with Gasteiger partial charge in [-0.25, -0.2) is 5.43 Å². The van der Waals surface area contributed by atoms with Crippen molar-refractivity contribution in [1.82, 2.24) is 16.2 Å². The highest BCUT2D eigenvalue weighted by Crippen LogP contribution is 2.22. The molecule has 0 aliphatic carbocycles. The van der Waals surface area contributed by atoms with Gasteiger partial charge < -0.3 is 11.1 Å². The minimum atomic E-state index is -0.940. The number of primary amides is 1. The van der Waals surface area contributed by atoms with Crippen LogP contribution in [0.3, 0.4) is 0 Å². The summed E-state index contributed by atoms with van der Waals surface area (Å²) in [7, 11) is 0. The fraction of sp³-hybridized carbons (Fsp3) is 0.423. The number of nitrogens with one attached hydrogen (secondary N) is 3. The highest BCUT2D eigenvalue weighted by Gasteiger charge is 2.22. The third-order valence-electron chi connectivity index (χ3n) is 5.79. The Balaban J connectivity index is 2.00. The molecule has 0 saturated carbocycles. The molecule has 7 heteroatoms. The van der Waals surface area contributed by atoms with Crippen molar-refractivity contribution in [3.05, 3.63) is 60.7 Å². The summed E-state index contributed by atoms with van der Waals surface area (Å²) >= 11 is 0. The molecule has 0 heterocycles. The maximum atomic E-state index is 12.8. The van der Waals surface area contributed by atoms with Gasteiger partial charge in [0.1, 0.15) is 6.04 Å². The standard InChI is InChI=1S/C26H36N4O3/c1-4-9-19(15-21-12-8-11-20-10-6-7-13-22(20)21)17-28-26(33)23(16-24(27)31)29-30-25(32)14-18(3)5-2/h4,6-8,10-13,18-19,23,29H,1,5,9,14-17H2,2-3H3,(H2,27,31)(H,28,33)(H,30,32)/t18-,19+,23+/m1/s1. The van der Waals surface area contributed by atoms with Crippen molar-refractivity contribution in [3.8, 4) is 0 Å². The zero-order valence-electron chi connectivity index (χ0n) is 19.6. The highest BCUT2D eigenvalue weighted by molar-refractivity contribution is 5.88. The molecule has 2 rings (SSSR count). The lowest BCUT2D eigenvalue weighted by molar-refractivity contribution is -0.129. The Morgan fingerprint density at radius 2 is 1.82 bits per heavy atom. The molecule has 0 bridgehead atoms. The van der Waals surface area contributed by atoms with Gasteiger partial charge in [0.25, 0.3) is 0 Å². The Morgan fingerprint density at radius 3 is 2.52 bits per heavy atom. The van der Waals surface area contributed by atoms with Crippen molar-refractivity contribution in [2.24, 2.45) is 17.6 Å². The Labute approximate surface area is 196 Å². The summed E-state index contributed by atoms with van der Waals surface area (Å²) in [6.07, 6.45) is 4.33. The number of allylic oxidation sites excluding steroid dienone is 1. The number of hydrazine groups is 1. The summed E-state index contributed by atoms with van der Waals surface area (Å²) in [5.74, 6) is -0.885. The van der Waals surface area contributed by atoms with Crippen molar-refractivity contribution in [2.75, 3.05) is 6.54 Å². The number of rotatable bonds is 14. The second-order valence-corrected chi connectivity index (χ2v) is 8.61. The van der Waals surface area contributed by atoms with Crippen LogP contribution in [0.25, 0.3) is 10.8 Å². The molecule has 0 spiro atoms. The topological polar surface area (TPSA) is 113 Å². The molecule has 2 aromatic rings. The Kier molecular flexibility index (Phi) is 10.6. The van der Waals surface area contributed by atoms with Crippen molar-refractivity contribution >= 4 is 28.5 Å². The zero-order valence-corrected chi connectivity index (χ0v) is 19.6. The van der Waals surface area contributed by atoms with E-state index in [0.29, 0.717) is 13.0 Å². The first-order valence-electron chi connectivity index (χ1n) is 11.5. The van der Waals surface area contributed by atoms with Crippen molar-refractivity contribution < 1.29 is 14.4 Å². The molecule has 0 aromatic heterocycles. The van der Waals surface area contributed by atoms with Gasteiger partial charge in [-0.3, -0.25) is 19.8 Å². The fourth-order valence-corrected chi connectivity index (χ4v) is 3.71. The van der Waals surface area contributed by atoms with Gasteiger partial charge in [-0.05, 0) is 41.0 Å². The highest BCUT2D eigenvalue weighted by atomic mass is 16.2. The Bertz CT molecular complexity index is 954. The summed E-state index contributed by atoms with van der Waals surface area (Å²) in [5, 5.41) is 5.28. The first-order chi connectivity index (χ1) is 15.8. The molecule has 0 aliphatic rings. The minimum Gasteiger partial charge on any atom is -0.370 e. The van der Waals surface area contributed by atoms with E-state index in [9.17, 15) is 14.4 Å². The van der Waals surface area contributed by atoms with E-state index >= 15 is 0 Å². The normalized spacial score (nSPS) is 13.6. The number of hydrogen-bond donors (Lipinski definition) is 4. The molecule has 3 amide bonds. The molecular weight excluding hydrogens is 416 g/mol. The quantitative estimate of drug-likeness (QED) is 0.261. The number of amides is 3. The zero-order chi connectivity index (χ0) is 24.2. The predicted octanol–water partition coefficient (Wildman–Crippen LogP) is 2.99. The van der Waals surface area contributed by atoms with Crippen molar-refractivity contribution in [1.29, 1.82) is 0 Å². The van der Waals surface area contributed by atoms with Crippen LogP contribution in [-0.2, 0) is 20.8 Å². The van der Waals surface area contributed by atoms with E-state index < -0.39 is 11.9 Å². The molecule has 0 aliphatic heterocycles. The first-order valence-corrected chi connectivity index (χ1v) is 11.5. The summed E-state index contributed by atoms with van der Waals surface area (Å²) in [6.45, 7) is 8.24. The van der Waals surface area contributed by atoms with E-state index in [1.807, 2.05) is 38.1 Å². The average Bonchev–Trinajstić information content (AvgIpc) is 2.80. The molecule has 0 unspecified atom stereocenters. The summed E-state index contributed by atoms with van der Waals surface area (Å²) in [4.78, 5) is 36.3. The molecule has 0 radical (unpaired) electrons.